The van der Waals surface area contributed by atoms with Crippen molar-refractivity contribution in [3.8, 4) is 23.3 Å². The molecule has 0 bridgehead atoms. The monoisotopic (exact) mass is 1740 g/mol. The number of halogens is 34. The topological polar surface area (TPSA) is 128 Å². The Hall–Kier alpha value is -7.35. The van der Waals surface area contributed by atoms with Gasteiger partial charge in [-0.05, 0) is 87.2 Å². The number of hydrogen-bond acceptors (Lipinski definition) is 8. The SMILES string of the molecule is Cn1cc(C(F)(F)C(F)(F)F)c(C(F)(F)F)c1-n1cc(B2OC(C)(C)C(C)(C)O2)cn1.Cn1cc(C(F)(F)C(F)(F)F)c(C(F)(F)F)c1-n1cc(Br)cn1.Cn1cc(C(F)(F)F)c(C(F)(F)C(F)(F)F)c1-n1cc(B2OC(C)(C)C(C)(C)O2)cn1.Cn1cc(C(F)(F)F)c(C(F)(F)C(F)(F)F)c1-n1cc(Br)cn1. The van der Waals surface area contributed by atoms with Crippen LogP contribution in [0.1, 0.15) is 99.9 Å². The zero-order valence-corrected chi connectivity index (χ0v) is 59.1. The lowest BCUT2D eigenvalue weighted by atomic mass is 9.82. The van der Waals surface area contributed by atoms with Crippen LogP contribution in [0, 0.1) is 0 Å². The molecule has 16 nitrogen and oxygen atoms in total. The molecule has 8 aromatic rings. The van der Waals surface area contributed by atoms with Gasteiger partial charge >= 0.3 is 87.3 Å². The Morgan fingerprint density at radius 1 is 0.287 bits per heavy atom. The van der Waals surface area contributed by atoms with E-state index in [1.54, 1.807) is 55.4 Å². The molecular formula is C56H48B2Br2F32N12O4. The minimum Gasteiger partial charge on any atom is -0.399 e. The van der Waals surface area contributed by atoms with Crippen LogP contribution in [0.3, 0.4) is 0 Å². The number of hydrogen-bond donors (Lipinski definition) is 0. The second-order valence-electron chi connectivity index (χ2n) is 25.5. The fraction of sp³-hybridized carbons (Fsp3) is 0.500. The summed E-state index contributed by atoms with van der Waals surface area (Å²) >= 11 is 5.80. The quantitative estimate of drug-likeness (QED) is 0.0978. The maximum Gasteiger partial charge on any atom is 0.498 e. The second kappa shape index (κ2) is 27.8. The highest BCUT2D eigenvalue weighted by molar-refractivity contribution is 9.10. The van der Waals surface area contributed by atoms with Gasteiger partial charge in [-0.1, -0.05) is 0 Å². The van der Waals surface area contributed by atoms with Crippen LogP contribution in [0.2, 0.25) is 0 Å². The van der Waals surface area contributed by atoms with E-state index < -0.39 is 178 Å². The molecule has 2 aliphatic rings. The molecular weight excluding hydrogens is 1690 g/mol. The predicted molar refractivity (Wildman–Crippen MR) is 317 cm³/mol. The summed E-state index contributed by atoms with van der Waals surface area (Å²) in [6, 6.07) is 0. The molecule has 0 amide bonds. The molecule has 52 heteroatoms. The van der Waals surface area contributed by atoms with Crippen LogP contribution in [0.4, 0.5) is 140 Å². The van der Waals surface area contributed by atoms with Crippen molar-refractivity contribution in [2.45, 2.75) is 151 Å². The van der Waals surface area contributed by atoms with Crippen molar-refractivity contribution in [2.75, 3.05) is 0 Å². The Balaban J connectivity index is 0.000000203. The summed E-state index contributed by atoms with van der Waals surface area (Å²) in [6.45, 7) is 13.9. The molecule has 8 aromatic heterocycles. The first-order valence-corrected chi connectivity index (χ1v) is 30.8. The molecule has 10 rings (SSSR count). The van der Waals surface area contributed by atoms with Gasteiger partial charge in [0.1, 0.15) is 34.4 Å². The molecule has 600 valence electrons. The fourth-order valence-corrected chi connectivity index (χ4v) is 10.8. The number of rotatable bonds is 10. The summed E-state index contributed by atoms with van der Waals surface area (Å²) in [5.74, 6) is -27.0. The third-order valence-electron chi connectivity index (χ3n) is 16.7. The Morgan fingerprint density at radius 3 is 0.704 bits per heavy atom. The van der Waals surface area contributed by atoms with Gasteiger partial charge in [0, 0.05) is 101 Å². The average molecular weight is 1740 g/mol. The van der Waals surface area contributed by atoms with Crippen LogP contribution < -0.4 is 10.9 Å². The molecule has 0 aliphatic carbocycles. The van der Waals surface area contributed by atoms with Crippen LogP contribution in [-0.4, -0.2) is 119 Å². The largest absolute Gasteiger partial charge is 0.498 e. The van der Waals surface area contributed by atoms with Crippen molar-refractivity contribution in [1.82, 2.24) is 57.4 Å². The summed E-state index contributed by atoms with van der Waals surface area (Å²) in [5, 5.41) is 14.4. The van der Waals surface area contributed by atoms with E-state index >= 15 is 0 Å². The lowest BCUT2D eigenvalue weighted by molar-refractivity contribution is -0.291. The van der Waals surface area contributed by atoms with Crippen LogP contribution in [-0.2, 0) is 95.2 Å². The highest BCUT2D eigenvalue weighted by Gasteiger charge is 2.67. The van der Waals surface area contributed by atoms with Crippen LogP contribution in [0.25, 0.3) is 23.3 Å². The Bertz CT molecular complexity index is 4530. The van der Waals surface area contributed by atoms with Crippen molar-refractivity contribution in [3.05, 3.63) is 128 Å². The first-order valence-electron chi connectivity index (χ1n) is 29.2. The van der Waals surface area contributed by atoms with E-state index in [0.29, 0.717) is 37.0 Å². The maximum absolute atomic E-state index is 14.2. The number of nitrogens with zero attached hydrogens (tertiary/aromatic N) is 12. The molecule has 2 saturated heterocycles. The Kier molecular flexibility index (Phi) is 22.6. The molecule has 0 radical (unpaired) electrons. The lowest BCUT2D eigenvalue weighted by Gasteiger charge is -2.32. The Morgan fingerprint density at radius 2 is 0.500 bits per heavy atom. The lowest BCUT2D eigenvalue weighted by Crippen LogP contribution is -2.41. The maximum atomic E-state index is 14.2. The highest BCUT2D eigenvalue weighted by Crippen LogP contribution is 2.56. The molecule has 0 N–H and O–H groups in total. The molecule has 0 atom stereocenters. The summed E-state index contributed by atoms with van der Waals surface area (Å²) in [6.07, 6.45) is -37.9. The zero-order valence-electron chi connectivity index (χ0n) is 55.9. The van der Waals surface area contributed by atoms with E-state index in [-0.39, 0.29) is 44.7 Å². The van der Waals surface area contributed by atoms with Gasteiger partial charge in [-0.3, -0.25) is 0 Å². The van der Waals surface area contributed by atoms with Crippen molar-refractivity contribution < 1.29 is 159 Å². The van der Waals surface area contributed by atoms with Gasteiger partial charge < -0.3 is 36.9 Å². The standard InChI is InChI=1S/2C17H18BF8N3O2.2C11H6BrF8N3/c1-13(2)14(3,4)31-18(30-13)9-6-27-29(7-9)12-11(15(19,20)17(24,25)26)10(8-28(12)5)16(21,22)23;1-13(2)14(3,4)31-18(30-13)9-6-27-29(7-9)12-11(16(21,22)23)10(8-28(12)5)15(19,20)17(24,25)26;1-22-4-6(10(15,16)17)7(9(13,14)11(18,19)20)8(22)23-3-5(12)2-21-23;1-22-4-6(9(13,14)11(18,19)20)7(10(15,16)17)8(22)23-3-5(12)2-21-23/h2*6-8H,1-5H3;2*2-4H,1H3. The van der Waals surface area contributed by atoms with E-state index in [1.807, 2.05) is 0 Å². The van der Waals surface area contributed by atoms with Crippen molar-refractivity contribution in [2.24, 2.45) is 28.2 Å². The van der Waals surface area contributed by atoms with E-state index in [4.69, 9.17) is 18.6 Å². The van der Waals surface area contributed by atoms with Gasteiger partial charge in [-0.25, -0.2) is 18.7 Å². The fourth-order valence-electron chi connectivity index (χ4n) is 10.2. The Labute approximate surface area is 601 Å². The predicted octanol–water partition coefficient (Wildman–Crippen LogP) is 17.7. The average Bonchev–Trinajstić information content (AvgIpc) is 1.59. The van der Waals surface area contributed by atoms with E-state index in [9.17, 15) is 140 Å². The normalized spacial score (nSPS) is 16.9. The molecule has 0 aromatic carbocycles. The van der Waals surface area contributed by atoms with Crippen molar-refractivity contribution >= 4 is 57.0 Å². The minimum atomic E-state index is -6.26. The number of aryl methyl sites for hydroxylation is 4. The molecule has 0 spiro atoms. The third kappa shape index (κ3) is 16.5. The third-order valence-corrected chi connectivity index (χ3v) is 17.6. The van der Waals surface area contributed by atoms with Gasteiger partial charge in [0.2, 0.25) is 0 Å². The van der Waals surface area contributed by atoms with Gasteiger partial charge in [0.15, 0.2) is 0 Å². The molecule has 10 heterocycles. The summed E-state index contributed by atoms with van der Waals surface area (Å²) in [7, 11) is 1.58. The van der Waals surface area contributed by atoms with Gasteiger partial charge in [0.25, 0.3) is 0 Å². The minimum absolute atomic E-state index is 0.0984. The van der Waals surface area contributed by atoms with E-state index in [0.717, 1.165) is 77.8 Å². The molecule has 0 unspecified atom stereocenters. The van der Waals surface area contributed by atoms with Crippen molar-refractivity contribution in [1.29, 1.82) is 0 Å². The summed E-state index contributed by atoms with van der Waals surface area (Å²) in [4.78, 5) is 0. The number of aromatic nitrogens is 12. The van der Waals surface area contributed by atoms with Crippen LogP contribution in [0.5, 0.6) is 0 Å². The first kappa shape index (κ1) is 87.9. The van der Waals surface area contributed by atoms with Gasteiger partial charge in [-0.2, -0.15) is 161 Å². The second-order valence-corrected chi connectivity index (χ2v) is 27.3. The molecule has 0 saturated carbocycles. The molecule has 108 heavy (non-hydrogen) atoms. The number of alkyl halides is 32. The van der Waals surface area contributed by atoms with Crippen molar-refractivity contribution in [3.63, 3.8) is 0 Å². The summed E-state index contributed by atoms with van der Waals surface area (Å²) in [5.41, 5.74) is -20.1. The van der Waals surface area contributed by atoms with Gasteiger partial charge in [-0.15, -0.1) is 0 Å². The van der Waals surface area contributed by atoms with E-state index in [2.05, 4.69) is 52.3 Å². The first-order chi connectivity index (χ1) is 48.1. The van der Waals surface area contributed by atoms with E-state index in [1.165, 1.54) is 0 Å². The van der Waals surface area contributed by atoms with Gasteiger partial charge in [0.05, 0.1) is 77.1 Å². The highest BCUT2D eigenvalue weighted by atomic mass is 79.9. The smallest absolute Gasteiger partial charge is 0.399 e. The molecule has 2 aliphatic heterocycles. The zero-order chi connectivity index (χ0) is 83.2. The van der Waals surface area contributed by atoms with Crippen LogP contribution in [0.15, 0.2) is 83.3 Å². The van der Waals surface area contributed by atoms with Crippen LogP contribution >= 0.6 is 31.9 Å². The molecule has 2 fully saturated rings. The summed E-state index contributed by atoms with van der Waals surface area (Å²) < 4.78 is 450.